The molecule has 146 valence electrons. The van der Waals surface area contributed by atoms with E-state index < -0.39 is 0 Å². The first-order valence-electron chi connectivity index (χ1n) is 7.91. The molecule has 0 radical (unpaired) electrons. The number of carbonyl (C=O) groups excluding carboxylic acids is 1. The summed E-state index contributed by atoms with van der Waals surface area (Å²) in [7, 11) is 0. The van der Waals surface area contributed by atoms with Crippen molar-refractivity contribution < 1.29 is 4.79 Å². The third kappa shape index (κ3) is 7.29. The van der Waals surface area contributed by atoms with Gasteiger partial charge in [0.1, 0.15) is 0 Å². The van der Waals surface area contributed by atoms with E-state index in [0.717, 1.165) is 49.1 Å². The number of nitrogens with zero attached hydrogens (tertiary/aromatic N) is 3. The molecule has 1 aliphatic heterocycles. The van der Waals surface area contributed by atoms with E-state index in [1.807, 2.05) is 42.2 Å². The number of hydrogen-bond acceptors (Lipinski definition) is 5. The fraction of sp³-hybridized carbons (Fsp3) is 0.412. The molecule has 26 heavy (non-hydrogen) atoms. The lowest BCUT2D eigenvalue weighted by Gasteiger charge is -2.34. The lowest BCUT2D eigenvalue weighted by Crippen LogP contribution is -2.49. The number of piperazine rings is 1. The van der Waals surface area contributed by atoms with E-state index >= 15 is 0 Å². The number of amides is 1. The molecule has 1 fully saturated rings. The van der Waals surface area contributed by atoms with Gasteiger partial charge < -0.3 is 10.2 Å². The van der Waals surface area contributed by atoms with Gasteiger partial charge in [0.15, 0.2) is 0 Å². The van der Waals surface area contributed by atoms with Gasteiger partial charge in [-0.1, -0.05) is 18.2 Å². The topological polar surface area (TPSA) is 48.5 Å². The van der Waals surface area contributed by atoms with E-state index in [9.17, 15) is 4.79 Å². The van der Waals surface area contributed by atoms with Crippen LogP contribution in [0, 0.1) is 6.92 Å². The molecule has 9 heteroatoms. The van der Waals surface area contributed by atoms with Crippen LogP contribution in [-0.2, 0) is 11.3 Å². The van der Waals surface area contributed by atoms with Crippen LogP contribution >= 0.6 is 48.6 Å². The van der Waals surface area contributed by atoms with Crippen molar-refractivity contribution in [2.75, 3.05) is 38.0 Å². The number of thiazole rings is 1. The second-order valence-corrected chi connectivity index (χ2v) is 6.80. The van der Waals surface area contributed by atoms with Gasteiger partial charge in [-0.2, -0.15) is 0 Å². The third-order valence-corrected chi connectivity index (χ3v) is 4.82. The Balaban J connectivity index is 0.00000208. The molecule has 0 atom stereocenters. The van der Waals surface area contributed by atoms with Gasteiger partial charge in [0.05, 0.1) is 17.2 Å². The molecule has 3 rings (SSSR count). The molecule has 2 heterocycles. The Morgan fingerprint density at radius 1 is 1.12 bits per heavy atom. The van der Waals surface area contributed by atoms with Gasteiger partial charge in [0.2, 0.25) is 5.91 Å². The largest absolute Gasteiger partial charge is 0.376 e. The number of halogens is 3. The molecule has 0 aliphatic carbocycles. The van der Waals surface area contributed by atoms with E-state index in [-0.39, 0.29) is 43.1 Å². The molecule has 1 N–H and O–H groups in total. The van der Waals surface area contributed by atoms with Crippen molar-refractivity contribution in [1.82, 2.24) is 14.8 Å². The first kappa shape index (κ1) is 24.9. The number of benzene rings is 1. The lowest BCUT2D eigenvalue weighted by molar-refractivity contribution is -0.131. The molecule has 1 aromatic carbocycles. The van der Waals surface area contributed by atoms with Crippen molar-refractivity contribution in [3.8, 4) is 0 Å². The Morgan fingerprint density at radius 2 is 1.77 bits per heavy atom. The minimum absolute atomic E-state index is 0. The minimum Gasteiger partial charge on any atom is -0.376 e. The van der Waals surface area contributed by atoms with Crippen LogP contribution in [0.5, 0.6) is 0 Å². The number of para-hydroxylation sites is 1. The Kier molecular flexibility index (Phi) is 11.9. The molecule has 0 saturated carbocycles. The Morgan fingerprint density at radius 3 is 2.35 bits per heavy atom. The van der Waals surface area contributed by atoms with Gasteiger partial charge in [-0.15, -0.1) is 48.6 Å². The average Bonchev–Trinajstić information content (AvgIpc) is 2.99. The van der Waals surface area contributed by atoms with E-state index in [2.05, 4.69) is 20.6 Å². The SMILES string of the molecule is Cc1nc(CN2CCN(C(=O)CNc3ccccc3)CC2)cs1.Cl.Cl.Cl. The van der Waals surface area contributed by atoms with E-state index in [4.69, 9.17) is 0 Å². The monoisotopic (exact) mass is 438 g/mol. The van der Waals surface area contributed by atoms with Crippen molar-refractivity contribution >= 4 is 60.2 Å². The van der Waals surface area contributed by atoms with Crippen molar-refractivity contribution in [3.05, 3.63) is 46.4 Å². The molecule has 0 spiro atoms. The first-order valence-corrected chi connectivity index (χ1v) is 8.79. The zero-order valence-electron chi connectivity index (χ0n) is 14.6. The van der Waals surface area contributed by atoms with Crippen LogP contribution in [0.3, 0.4) is 0 Å². The van der Waals surface area contributed by atoms with Crippen LogP contribution in [0.25, 0.3) is 0 Å². The summed E-state index contributed by atoms with van der Waals surface area (Å²) in [6.45, 7) is 6.67. The zero-order valence-corrected chi connectivity index (χ0v) is 17.9. The van der Waals surface area contributed by atoms with E-state index in [1.165, 1.54) is 0 Å². The molecule has 1 aromatic heterocycles. The fourth-order valence-electron chi connectivity index (χ4n) is 2.71. The summed E-state index contributed by atoms with van der Waals surface area (Å²) < 4.78 is 0. The number of anilines is 1. The molecule has 0 unspecified atom stereocenters. The highest BCUT2D eigenvalue weighted by Gasteiger charge is 2.21. The number of aryl methyl sites for hydroxylation is 1. The normalized spacial score (nSPS) is 13.8. The number of hydrogen-bond donors (Lipinski definition) is 1. The maximum Gasteiger partial charge on any atom is 0.241 e. The summed E-state index contributed by atoms with van der Waals surface area (Å²) in [6, 6.07) is 9.84. The number of carbonyl (C=O) groups is 1. The highest BCUT2D eigenvalue weighted by molar-refractivity contribution is 7.09. The zero-order chi connectivity index (χ0) is 16.1. The maximum atomic E-state index is 12.3. The van der Waals surface area contributed by atoms with Crippen molar-refractivity contribution in [3.63, 3.8) is 0 Å². The van der Waals surface area contributed by atoms with Crippen LogP contribution in [0.4, 0.5) is 5.69 Å². The molecule has 1 saturated heterocycles. The lowest BCUT2D eigenvalue weighted by atomic mass is 10.3. The molecular formula is C17H25Cl3N4OS. The number of nitrogens with one attached hydrogen (secondary N) is 1. The van der Waals surface area contributed by atoms with Gasteiger partial charge in [0.25, 0.3) is 0 Å². The van der Waals surface area contributed by atoms with E-state index in [0.29, 0.717) is 6.54 Å². The molecule has 1 amide bonds. The molecule has 2 aromatic rings. The summed E-state index contributed by atoms with van der Waals surface area (Å²) in [5.41, 5.74) is 2.12. The number of aromatic nitrogens is 1. The van der Waals surface area contributed by atoms with E-state index in [1.54, 1.807) is 11.3 Å². The predicted molar refractivity (Wildman–Crippen MR) is 115 cm³/mol. The summed E-state index contributed by atoms with van der Waals surface area (Å²) in [4.78, 5) is 21.1. The average molecular weight is 440 g/mol. The second-order valence-electron chi connectivity index (χ2n) is 5.73. The summed E-state index contributed by atoms with van der Waals surface area (Å²) in [5.74, 6) is 0.165. The second kappa shape index (κ2) is 12.4. The molecular weight excluding hydrogens is 415 g/mol. The Labute approximate surface area is 177 Å². The van der Waals surface area contributed by atoms with Gasteiger partial charge in [0, 0.05) is 43.8 Å². The Bertz CT molecular complexity index is 648. The molecule has 5 nitrogen and oxygen atoms in total. The highest BCUT2D eigenvalue weighted by atomic mass is 35.5. The standard InChI is InChI=1S/C17H22N4OS.3ClH/c1-14-19-16(13-23-14)12-20-7-9-21(10-8-20)17(22)11-18-15-5-3-2-4-6-15;;;/h2-6,13,18H,7-12H2,1H3;3*1H. The third-order valence-electron chi connectivity index (χ3n) is 3.99. The van der Waals surface area contributed by atoms with Crippen LogP contribution in [-0.4, -0.2) is 53.4 Å². The van der Waals surface area contributed by atoms with Gasteiger partial charge >= 0.3 is 0 Å². The molecule has 0 bridgehead atoms. The first-order chi connectivity index (χ1) is 11.2. The van der Waals surface area contributed by atoms with Gasteiger partial charge in [-0.3, -0.25) is 9.69 Å². The molecule has 1 aliphatic rings. The minimum atomic E-state index is 0. The van der Waals surface area contributed by atoms with Crippen LogP contribution in [0.2, 0.25) is 0 Å². The van der Waals surface area contributed by atoms with Gasteiger partial charge in [-0.25, -0.2) is 4.98 Å². The van der Waals surface area contributed by atoms with Crippen molar-refractivity contribution in [1.29, 1.82) is 0 Å². The van der Waals surface area contributed by atoms with Crippen LogP contribution in [0.1, 0.15) is 10.7 Å². The summed E-state index contributed by atoms with van der Waals surface area (Å²) in [5, 5.41) is 6.42. The van der Waals surface area contributed by atoms with Crippen LogP contribution < -0.4 is 5.32 Å². The maximum absolute atomic E-state index is 12.3. The highest BCUT2D eigenvalue weighted by Crippen LogP contribution is 2.12. The fourth-order valence-corrected chi connectivity index (χ4v) is 3.31. The Hall–Kier alpha value is -1.05. The van der Waals surface area contributed by atoms with Crippen molar-refractivity contribution in [2.45, 2.75) is 13.5 Å². The number of rotatable bonds is 5. The summed E-state index contributed by atoms with van der Waals surface area (Å²) in [6.07, 6.45) is 0. The predicted octanol–water partition coefficient (Wildman–Crippen LogP) is 3.47. The van der Waals surface area contributed by atoms with Gasteiger partial charge in [-0.05, 0) is 19.1 Å². The summed E-state index contributed by atoms with van der Waals surface area (Å²) >= 11 is 1.69. The smallest absolute Gasteiger partial charge is 0.241 e. The quantitative estimate of drug-likeness (QED) is 0.775. The van der Waals surface area contributed by atoms with Crippen LogP contribution in [0.15, 0.2) is 35.7 Å². The van der Waals surface area contributed by atoms with Crippen molar-refractivity contribution in [2.24, 2.45) is 0 Å².